The summed E-state index contributed by atoms with van der Waals surface area (Å²) in [7, 11) is -2.99. The smallest absolute Gasteiger partial charge is 0.258 e. The van der Waals surface area contributed by atoms with Crippen LogP contribution in [0.4, 0.5) is 0 Å². The molecule has 0 radical (unpaired) electrons. The molecule has 1 fully saturated rings. The fourth-order valence-corrected chi connectivity index (χ4v) is 3.85. The Morgan fingerprint density at radius 3 is 2.41 bits per heavy atom. The van der Waals surface area contributed by atoms with Crippen LogP contribution in [0.15, 0.2) is 24.3 Å². The zero-order valence-corrected chi connectivity index (χ0v) is 13.4. The maximum atomic E-state index is 11.7. The summed E-state index contributed by atoms with van der Waals surface area (Å²) in [5, 5.41) is 2.68. The van der Waals surface area contributed by atoms with Gasteiger partial charge >= 0.3 is 0 Å². The molecule has 122 valence electrons. The molecule has 0 aromatic heterocycles. The molecule has 2 rings (SSSR count). The van der Waals surface area contributed by atoms with Crippen LogP contribution in [0.25, 0.3) is 0 Å². The topological polar surface area (TPSA) is 81.7 Å². The van der Waals surface area contributed by atoms with Gasteiger partial charge in [0, 0.05) is 6.04 Å². The van der Waals surface area contributed by atoms with E-state index in [2.05, 4.69) is 5.32 Å². The molecule has 1 N–H and O–H groups in total. The molecule has 1 saturated heterocycles. The maximum absolute atomic E-state index is 11.7. The minimum absolute atomic E-state index is 0.0161. The van der Waals surface area contributed by atoms with Gasteiger partial charge in [-0.1, -0.05) is 6.92 Å². The van der Waals surface area contributed by atoms with E-state index in [0.717, 1.165) is 12.2 Å². The van der Waals surface area contributed by atoms with Gasteiger partial charge in [0.15, 0.2) is 16.4 Å². The number of hydrogen-bond acceptors (Lipinski definition) is 5. The Morgan fingerprint density at radius 2 is 1.86 bits per heavy atom. The van der Waals surface area contributed by atoms with Crippen LogP contribution in [-0.4, -0.2) is 45.1 Å². The van der Waals surface area contributed by atoms with Gasteiger partial charge < -0.3 is 14.8 Å². The van der Waals surface area contributed by atoms with Crippen LogP contribution in [0.2, 0.25) is 0 Å². The molecular formula is C15H21NO5S. The van der Waals surface area contributed by atoms with Crippen LogP contribution in [-0.2, 0) is 14.6 Å². The van der Waals surface area contributed by atoms with Gasteiger partial charge in [0.25, 0.3) is 5.91 Å². The first kappa shape index (κ1) is 16.6. The average Bonchev–Trinajstić information content (AvgIpc) is 2.83. The molecule has 1 atom stereocenters. The van der Waals surface area contributed by atoms with E-state index in [9.17, 15) is 13.2 Å². The van der Waals surface area contributed by atoms with Gasteiger partial charge in [0.2, 0.25) is 0 Å². The Kier molecular flexibility index (Phi) is 5.65. The predicted octanol–water partition coefficient (Wildman–Crippen LogP) is 1.16. The fraction of sp³-hybridized carbons (Fsp3) is 0.533. The normalized spacial score (nSPS) is 19.6. The van der Waals surface area contributed by atoms with Crippen molar-refractivity contribution in [1.82, 2.24) is 5.32 Å². The number of ether oxygens (including phenoxy) is 2. The first-order valence-electron chi connectivity index (χ1n) is 7.34. The molecule has 1 amide bonds. The van der Waals surface area contributed by atoms with Crippen molar-refractivity contribution in [3.8, 4) is 11.5 Å². The van der Waals surface area contributed by atoms with E-state index in [-0.39, 0.29) is 30.1 Å². The largest absolute Gasteiger partial charge is 0.494 e. The number of sulfone groups is 1. The number of nitrogens with one attached hydrogen (secondary N) is 1. The number of rotatable bonds is 7. The number of amides is 1. The average molecular weight is 327 g/mol. The van der Waals surface area contributed by atoms with Crippen molar-refractivity contribution in [2.45, 2.75) is 25.8 Å². The summed E-state index contributed by atoms with van der Waals surface area (Å²) >= 11 is 0. The van der Waals surface area contributed by atoms with Crippen molar-refractivity contribution in [2.75, 3.05) is 24.7 Å². The van der Waals surface area contributed by atoms with Crippen molar-refractivity contribution < 1.29 is 22.7 Å². The van der Waals surface area contributed by atoms with Gasteiger partial charge in [0.1, 0.15) is 11.5 Å². The van der Waals surface area contributed by atoms with Crippen molar-refractivity contribution in [3.05, 3.63) is 24.3 Å². The van der Waals surface area contributed by atoms with E-state index in [1.165, 1.54) is 0 Å². The second-order valence-corrected chi connectivity index (χ2v) is 7.50. The van der Waals surface area contributed by atoms with Gasteiger partial charge in [-0.25, -0.2) is 8.42 Å². The summed E-state index contributed by atoms with van der Waals surface area (Å²) < 4.78 is 33.5. The van der Waals surface area contributed by atoms with Crippen LogP contribution >= 0.6 is 0 Å². The predicted molar refractivity (Wildman–Crippen MR) is 82.9 cm³/mol. The highest BCUT2D eigenvalue weighted by Gasteiger charge is 2.28. The van der Waals surface area contributed by atoms with E-state index in [1.54, 1.807) is 24.3 Å². The molecule has 1 aliphatic heterocycles. The lowest BCUT2D eigenvalue weighted by molar-refractivity contribution is -0.123. The molecular weight excluding hydrogens is 306 g/mol. The summed E-state index contributed by atoms with van der Waals surface area (Å²) in [4.78, 5) is 11.7. The van der Waals surface area contributed by atoms with Crippen molar-refractivity contribution >= 4 is 15.7 Å². The molecule has 6 nitrogen and oxygen atoms in total. The molecule has 0 unspecified atom stereocenters. The summed E-state index contributed by atoms with van der Waals surface area (Å²) in [6.07, 6.45) is 1.41. The van der Waals surface area contributed by atoms with Crippen LogP contribution < -0.4 is 14.8 Å². The van der Waals surface area contributed by atoms with E-state index in [0.29, 0.717) is 18.8 Å². The number of hydrogen-bond donors (Lipinski definition) is 1. The molecule has 0 spiro atoms. The minimum Gasteiger partial charge on any atom is -0.494 e. The summed E-state index contributed by atoms with van der Waals surface area (Å²) in [5.41, 5.74) is 0. The van der Waals surface area contributed by atoms with Gasteiger partial charge in [-0.2, -0.15) is 0 Å². The summed E-state index contributed by atoms with van der Waals surface area (Å²) in [6.45, 7) is 2.56. The lowest BCUT2D eigenvalue weighted by atomic mass is 10.2. The van der Waals surface area contributed by atoms with Crippen molar-refractivity contribution in [3.63, 3.8) is 0 Å². The Hall–Kier alpha value is -1.76. The van der Waals surface area contributed by atoms with Crippen LogP contribution in [0.3, 0.4) is 0 Å². The zero-order chi connectivity index (χ0) is 16.0. The maximum Gasteiger partial charge on any atom is 0.258 e. The van der Waals surface area contributed by atoms with Gasteiger partial charge in [0.05, 0.1) is 18.1 Å². The molecule has 0 saturated carbocycles. The highest BCUT2D eigenvalue weighted by molar-refractivity contribution is 7.91. The molecule has 1 aromatic rings. The Balaban J connectivity index is 1.74. The van der Waals surface area contributed by atoms with Gasteiger partial charge in [-0.15, -0.1) is 0 Å². The fourth-order valence-electron chi connectivity index (χ4n) is 2.18. The van der Waals surface area contributed by atoms with Crippen LogP contribution in [0, 0.1) is 0 Å². The molecule has 7 heteroatoms. The third-order valence-corrected chi connectivity index (χ3v) is 5.03. The third kappa shape index (κ3) is 5.22. The van der Waals surface area contributed by atoms with E-state index in [1.807, 2.05) is 6.92 Å². The lowest BCUT2D eigenvalue weighted by Crippen LogP contribution is -2.38. The van der Waals surface area contributed by atoms with Gasteiger partial charge in [-0.05, 0) is 37.1 Å². The first-order valence-corrected chi connectivity index (χ1v) is 9.16. The van der Waals surface area contributed by atoms with Crippen molar-refractivity contribution in [1.29, 1.82) is 0 Å². The minimum atomic E-state index is -2.99. The molecule has 22 heavy (non-hydrogen) atoms. The zero-order valence-electron chi connectivity index (χ0n) is 12.6. The molecule has 0 bridgehead atoms. The Morgan fingerprint density at radius 1 is 1.23 bits per heavy atom. The van der Waals surface area contributed by atoms with E-state index < -0.39 is 9.84 Å². The molecule has 1 aliphatic rings. The van der Waals surface area contributed by atoms with Crippen LogP contribution in [0.5, 0.6) is 11.5 Å². The quantitative estimate of drug-likeness (QED) is 0.812. The Bertz CT molecular complexity index is 597. The van der Waals surface area contributed by atoms with Crippen molar-refractivity contribution in [2.24, 2.45) is 0 Å². The van der Waals surface area contributed by atoms with Gasteiger partial charge in [-0.3, -0.25) is 4.79 Å². The number of carbonyl (C=O) groups excluding carboxylic acids is 1. The first-order chi connectivity index (χ1) is 10.5. The standard InChI is InChI=1S/C15H21NO5S/c1-2-8-20-13-3-5-14(6-4-13)21-10-15(17)16-12-7-9-22(18,19)11-12/h3-6,12H,2,7-11H2,1H3,(H,16,17)/t12-/m1/s1. The third-order valence-electron chi connectivity index (χ3n) is 3.26. The molecule has 1 heterocycles. The second kappa shape index (κ2) is 7.49. The molecule has 0 aliphatic carbocycles. The Labute approximate surface area is 130 Å². The monoisotopic (exact) mass is 327 g/mol. The van der Waals surface area contributed by atoms with Crippen LogP contribution in [0.1, 0.15) is 19.8 Å². The van der Waals surface area contributed by atoms with E-state index >= 15 is 0 Å². The summed E-state index contributed by atoms with van der Waals surface area (Å²) in [6, 6.07) is 6.74. The molecule has 1 aromatic carbocycles. The number of carbonyl (C=O) groups is 1. The number of benzene rings is 1. The van der Waals surface area contributed by atoms with E-state index in [4.69, 9.17) is 9.47 Å². The SMILES string of the molecule is CCCOc1ccc(OCC(=O)N[C@@H]2CCS(=O)(=O)C2)cc1. The second-order valence-electron chi connectivity index (χ2n) is 5.28. The lowest BCUT2D eigenvalue weighted by Gasteiger charge is -2.12. The highest BCUT2D eigenvalue weighted by Crippen LogP contribution is 2.17. The highest BCUT2D eigenvalue weighted by atomic mass is 32.2. The summed E-state index contributed by atoms with van der Waals surface area (Å²) in [5.74, 6) is 1.17.